The van der Waals surface area contributed by atoms with Crippen LogP contribution in [-0.2, 0) is 5.41 Å². The number of halogens is 1. The van der Waals surface area contributed by atoms with Crippen molar-refractivity contribution in [3.63, 3.8) is 0 Å². The quantitative estimate of drug-likeness (QED) is 0.834. The van der Waals surface area contributed by atoms with Gasteiger partial charge in [-0.3, -0.25) is 4.79 Å². The van der Waals surface area contributed by atoms with Crippen molar-refractivity contribution < 1.29 is 9.53 Å². The Kier molecular flexibility index (Phi) is 4.91. The number of methoxy groups -OCH3 is 1. The summed E-state index contributed by atoms with van der Waals surface area (Å²) in [4.78, 5) is 12.4. The first-order valence-electron chi connectivity index (χ1n) is 7.06. The van der Waals surface area contributed by atoms with E-state index in [1.807, 2.05) is 30.3 Å². The Bertz CT molecular complexity index is 690. The van der Waals surface area contributed by atoms with Crippen molar-refractivity contribution in [1.29, 1.82) is 0 Å². The summed E-state index contributed by atoms with van der Waals surface area (Å²) in [6.45, 7) is 6.40. The van der Waals surface area contributed by atoms with Crippen LogP contribution in [0.1, 0.15) is 36.7 Å². The molecular weight excluding hydrogens is 342 g/mol. The molecule has 1 N–H and O–H groups in total. The highest BCUT2D eigenvalue weighted by Gasteiger charge is 2.17. The molecule has 0 aliphatic rings. The van der Waals surface area contributed by atoms with E-state index in [4.69, 9.17) is 4.74 Å². The Morgan fingerprint density at radius 1 is 1.14 bits per heavy atom. The number of amides is 1. The van der Waals surface area contributed by atoms with E-state index in [0.29, 0.717) is 17.0 Å². The third kappa shape index (κ3) is 3.89. The molecule has 0 saturated heterocycles. The molecule has 0 bridgehead atoms. The van der Waals surface area contributed by atoms with Gasteiger partial charge in [0.1, 0.15) is 5.75 Å². The second kappa shape index (κ2) is 6.53. The van der Waals surface area contributed by atoms with Gasteiger partial charge >= 0.3 is 0 Å². The zero-order valence-electron chi connectivity index (χ0n) is 13.2. The van der Waals surface area contributed by atoms with Crippen LogP contribution in [0.5, 0.6) is 5.75 Å². The van der Waals surface area contributed by atoms with Gasteiger partial charge < -0.3 is 10.1 Å². The molecule has 116 valence electrons. The third-order valence-corrected chi connectivity index (χ3v) is 3.89. The first-order valence-corrected chi connectivity index (χ1v) is 7.86. The summed E-state index contributed by atoms with van der Waals surface area (Å²) in [7, 11) is 1.60. The number of anilines is 1. The van der Waals surface area contributed by atoms with Crippen LogP contribution in [0.4, 0.5) is 5.69 Å². The second-order valence-electron chi connectivity index (χ2n) is 6.13. The molecule has 0 fully saturated rings. The maximum absolute atomic E-state index is 12.4. The highest BCUT2D eigenvalue weighted by Crippen LogP contribution is 2.31. The fraction of sp³-hybridized carbons (Fsp3) is 0.278. The molecule has 2 aromatic rings. The highest BCUT2D eigenvalue weighted by atomic mass is 79.9. The van der Waals surface area contributed by atoms with Crippen LogP contribution < -0.4 is 10.1 Å². The molecule has 0 heterocycles. The van der Waals surface area contributed by atoms with Crippen molar-refractivity contribution in [3.05, 3.63) is 58.1 Å². The average Bonchev–Trinajstić information content (AvgIpc) is 2.46. The van der Waals surface area contributed by atoms with Gasteiger partial charge in [0.15, 0.2) is 0 Å². The van der Waals surface area contributed by atoms with Crippen molar-refractivity contribution in [3.8, 4) is 5.75 Å². The molecule has 3 nitrogen and oxygen atoms in total. The van der Waals surface area contributed by atoms with E-state index < -0.39 is 0 Å². The normalized spacial score (nSPS) is 11.1. The fourth-order valence-electron chi connectivity index (χ4n) is 2.10. The van der Waals surface area contributed by atoms with Crippen molar-refractivity contribution in [2.45, 2.75) is 26.2 Å². The molecule has 22 heavy (non-hydrogen) atoms. The topological polar surface area (TPSA) is 38.3 Å². The number of benzene rings is 2. The van der Waals surface area contributed by atoms with Crippen LogP contribution in [0.15, 0.2) is 46.9 Å². The predicted molar refractivity (Wildman–Crippen MR) is 93.8 cm³/mol. The van der Waals surface area contributed by atoms with Crippen molar-refractivity contribution >= 4 is 27.5 Å². The summed E-state index contributed by atoms with van der Waals surface area (Å²) in [6.07, 6.45) is 0. The summed E-state index contributed by atoms with van der Waals surface area (Å²) in [5.74, 6) is 0.488. The van der Waals surface area contributed by atoms with E-state index in [1.54, 1.807) is 19.2 Å². The summed E-state index contributed by atoms with van der Waals surface area (Å²) >= 11 is 3.38. The Morgan fingerprint density at radius 3 is 2.45 bits per heavy atom. The van der Waals surface area contributed by atoms with Gasteiger partial charge in [0.05, 0.1) is 12.8 Å². The lowest BCUT2D eigenvalue weighted by atomic mass is 9.87. The number of ether oxygens (including phenoxy) is 1. The zero-order valence-corrected chi connectivity index (χ0v) is 14.8. The fourth-order valence-corrected chi connectivity index (χ4v) is 2.50. The monoisotopic (exact) mass is 361 g/mol. The van der Waals surface area contributed by atoms with Gasteiger partial charge in [0, 0.05) is 10.0 Å². The van der Waals surface area contributed by atoms with Gasteiger partial charge in [-0.2, -0.15) is 0 Å². The summed E-state index contributed by atoms with van der Waals surface area (Å²) in [5.41, 5.74) is 2.41. The minimum atomic E-state index is -0.161. The third-order valence-electron chi connectivity index (χ3n) is 3.40. The number of rotatable bonds is 3. The highest BCUT2D eigenvalue weighted by molar-refractivity contribution is 9.10. The molecule has 0 saturated carbocycles. The Morgan fingerprint density at radius 2 is 1.86 bits per heavy atom. The van der Waals surface area contributed by atoms with E-state index in [2.05, 4.69) is 42.0 Å². The molecule has 0 aliphatic carbocycles. The van der Waals surface area contributed by atoms with Gasteiger partial charge in [-0.1, -0.05) is 48.8 Å². The van der Waals surface area contributed by atoms with Crippen LogP contribution >= 0.6 is 15.9 Å². The number of carbonyl (C=O) groups excluding carboxylic acids is 1. The molecule has 0 unspecified atom stereocenters. The molecule has 0 spiro atoms. The van der Waals surface area contributed by atoms with Crippen molar-refractivity contribution in [2.75, 3.05) is 12.4 Å². The van der Waals surface area contributed by atoms with Crippen molar-refractivity contribution in [1.82, 2.24) is 0 Å². The number of nitrogens with one attached hydrogen (secondary N) is 1. The molecule has 0 radical (unpaired) electrons. The summed E-state index contributed by atoms with van der Waals surface area (Å²) in [6, 6.07) is 13.2. The standard InChI is InChI=1S/C18H20BrNO2/c1-18(2,3)13-8-9-16(22-4)15(11-13)20-17(21)12-6-5-7-14(19)10-12/h5-11H,1-4H3,(H,20,21). The smallest absolute Gasteiger partial charge is 0.255 e. The minimum Gasteiger partial charge on any atom is -0.495 e. The SMILES string of the molecule is COc1ccc(C(C)(C)C)cc1NC(=O)c1cccc(Br)c1. The van der Waals surface area contributed by atoms with Gasteiger partial charge in [-0.05, 0) is 41.3 Å². The van der Waals surface area contributed by atoms with Gasteiger partial charge in [0.2, 0.25) is 0 Å². The lowest BCUT2D eigenvalue weighted by molar-refractivity contribution is 0.102. The van der Waals surface area contributed by atoms with Crippen LogP contribution in [0.3, 0.4) is 0 Å². The van der Waals surface area contributed by atoms with E-state index in [1.165, 1.54) is 0 Å². The Balaban J connectivity index is 2.33. The zero-order chi connectivity index (χ0) is 16.3. The van der Waals surface area contributed by atoms with E-state index in [9.17, 15) is 4.79 Å². The molecule has 4 heteroatoms. The largest absolute Gasteiger partial charge is 0.495 e. The van der Waals surface area contributed by atoms with E-state index >= 15 is 0 Å². The Hall–Kier alpha value is -1.81. The first-order chi connectivity index (χ1) is 10.3. The number of hydrogen-bond acceptors (Lipinski definition) is 2. The van der Waals surface area contributed by atoms with Crippen LogP contribution in [0, 0.1) is 0 Å². The molecule has 0 aromatic heterocycles. The molecule has 0 atom stereocenters. The number of carbonyl (C=O) groups is 1. The lowest BCUT2D eigenvalue weighted by Gasteiger charge is -2.21. The van der Waals surface area contributed by atoms with Crippen LogP contribution in [0.2, 0.25) is 0 Å². The Labute approximate surface area is 139 Å². The summed E-state index contributed by atoms with van der Waals surface area (Å²) < 4.78 is 6.22. The van der Waals surface area contributed by atoms with Crippen molar-refractivity contribution in [2.24, 2.45) is 0 Å². The van der Waals surface area contributed by atoms with E-state index in [-0.39, 0.29) is 11.3 Å². The first kappa shape index (κ1) is 16.6. The molecule has 1 amide bonds. The molecule has 0 aliphatic heterocycles. The summed E-state index contributed by atoms with van der Waals surface area (Å²) in [5, 5.41) is 2.93. The molecular formula is C18H20BrNO2. The maximum atomic E-state index is 12.4. The van der Waals surface area contributed by atoms with E-state index in [0.717, 1.165) is 10.0 Å². The number of hydrogen-bond donors (Lipinski definition) is 1. The lowest BCUT2D eigenvalue weighted by Crippen LogP contribution is -2.15. The van der Waals surface area contributed by atoms with Crippen LogP contribution in [0.25, 0.3) is 0 Å². The van der Waals surface area contributed by atoms with Gasteiger partial charge in [-0.15, -0.1) is 0 Å². The molecule has 2 rings (SSSR count). The maximum Gasteiger partial charge on any atom is 0.255 e. The van der Waals surface area contributed by atoms with Crippen LogP contribution in [-0.4, -0.2) is 13.0 Å². The van der Waals surface area contributed by atoms with Gasteiger partial charge in [0.25, 0.3) is 5.91 Å². The second-order valence-corrected chi connectivity index (χ2v) is 7.05. The van der Waals surface area contributed by atoms with Gasteiger partial charge in [-0.25, -0.2) is 0 Å². The minimum absolute atomic E-state index is 0.00151. The molecule has 2 aromatic carbocycles. The predicted octanol–water partition coefficient (Wildman–Crippen LogP) is 5.01. The average molecular weight is 362 g/mol.